The molecule has 0 aliphatic heterocycles. The van der Waals surface area contributed by atoms with E-state index in [1.54, 1.807) is 0 Å². The Balaban J connectivity index is 2.08. The van der Waals surface area contributed by atoms with E-state index in [4.69, 9.17) is 5.11 Å². The number of carboxylic acids is 1. The molecule has 5 nitrogen and oxygen atoms in total. The van der Waals surface area contributed by atoms with Crippen molar-refractivity contribution in [3.63, 3.8) is 0 Å². The van der Waals surface area contributed by atoms with Crippen LogP contribution in [0.4, 0.5) is 0 Å². The lowest BCUT2D eigenvalue weighted by atomic mass is 10.0. The van der Waals surface area contributed by atoms with Crippen LogP contribution in [-0.4, -0.2) is 28.0 Å². The van der Waals surface area contributed by atoms with Gasteiger partial charge in [-0.15, -0.1) is 11.3 Å². The molecule has 2 rings (SSSR count). The predicted octanol–water partition coefficient (Wildman–Crippen LogP) is 2.01. The number of rotatable bonds is 3. The van der Waals surface area contributed by atoms with Crippen molar-refractivity contribution in [2.75, 3.05) is 0 Å². The van der Waals surface area contributed by atoms with E-state index in [0.29, 0.717) is 4.88 Å². The molecule has 1 heterocycles. The van der Waals surface area contributed by atoms with Crippen molar-refractivity contribution in [2.45, 2.75) is 33.7 Å². The molecule has 1 aliphatic rings. The van der Waals surface area contributed by atoms with Gasteiger partial charge in [-0.2, -0.15) is 0 Å². The van der Waals surface area contributed by atoms with Crippen LogP contribution in [0, 0.1) is 10.8 Å². The highest BCUT2D eigenvalue weighted by Gasteiger charge is 2.65. The Hall–Kier alpha value is -1.43. The molecule has 6 heteroatoms. The molecule has 1 fully saturated rings. The number of thiazole rings is 1. The predicted molar refractivity (Wildman–Crippen MR) is 67.9 cm³/mol. The van der Waals surface area contributed by atoms with Crippen LogP contribution < -0.4 is 5.32 Å². The normalized spacial score (nSPS) is 20.4. The number of nitrogens with one attached hydrogen (secondary N) is 1. The molecule has 0 aromatic carbocycles. The van der Waals surface area contributed by atoms with Gasteiger partial charge in [0.05, 0.1) is 6.20 Å². The molecule has 0 bridgehead atoms. The fraction of sp³-hybridized carbons (Fsp3) is 0.583. The number of carbonyl (C=O) groups excluding carboxylic acids is 1. The summed E-state index contributed by atoms with van der Waals surface area (Å²) in [5, 5.41) is 11.6. The van der Waals surface area contributed by atoms with Gasteiger partial charge >= 0.3 is 5.97 Å². The monoisotopic (exact) mass is 268 g/mol. The molecule has 98 valence electrons. The van der Waals surface area contributed by atoms with E-state index < -0.39 is 5.97 Å². The van der Waals surface area contributed by atoms with E-state index in [9.17, 15) is 9.59 Å². The lowest BCUT2D eigenvalue weighted by Crippen LogP contribution is -2.29. The second-order valence-corrected chi connectivity index (χ2v) is 6.72. The molecule has 0 radical (unpaired) electrons. The zero-order chi connectivity index (χ0) is 13.7. The molecule has 0 unspecified atom stereocenters. The standard InChI is InChI=1S/C12H16N2O3S/c1-11(2)10(12(11,3)4)14-7(15)6-5-13-8(18-6)9(16)17/h5,10H,1-4H3,(H,14,15)(H,16,17). The maximum absolute atomic E-state index is 12.0. The van der Waals surface area contributed by atoms with E-state index >= 15 is 0 Å². The minimum Gasteiger partial charge on any atom is -0.476 e. The first kappa shape index (κ1) is 13.0. The van der Waals surface area contributed by atoms with E-state index in [0.717, 1.165) is 11.3 Å². The number of carbonyl (C=O) groups is 2. The van der Waals surface area contributed by atoms with Crippen LogP contribution in [0.25, 0.3) is 0 Å². The number of aromatic nitrogens is 1. The summed E-state index contributed by atoms with van der Waals surface area (Å²) in [4.78, 5) is 26.7. The number of nitrogens with zero attached hydrogens (tertiary/aromatic N) is 1. The number of amides is 1. The van der Waals surface area contributed by atoms with Crippen molar-refractivity contribution in [1.29, 1.82) is 0 Å². The highest BCUT2D eigenvalue weighted by Crippen LogP contribution is 2.62. The fourth-order valence-electron chi connectivity index (χ4n) is 2.24. The second kappa shape index (κ2) is 3.78. The Kier molecular flexibility index (Phi) is 2.73. The Morgan fingerprint density at radius 2 is 1.89 bits per heavy atom. The second-order valence-electron chi connectivity index (χ2n) is 5.68. The highest BCUT2D eigenvalue weighted by molar-refractivity contribution is 7.15. The molecule has 1 amide bonds. The van der Waals surface area contributed by atoms with Crippen LogP contribution in [0.2, 0.25) is 0 Å². The van der Waals surface area contributed by atoms with Crippen LogP contribution in [0.1, 0.15) is 47.2 Å². The Bertz CT molecular complexity index is 505. The number of carboxylic acid groups (broad SMARTS) is 1. The quantitative estimate of drug-likeness (QED) is 0.878. The van der Waals surface area contributed by atoms with Gasteiger partial charge in [-0.05, 0) is 10.8 Å². The number of hydrogen-bond acceptors (Lipinski definition) is 4. The zero-order valence-electron chi connectivity index (χ0n) is 10.8. The van der Waals surface area contributed by atoms with E-state index in [-0.39, 0.29) is 27.8 Å². The summed E-state index contributed by atoms with van der Waals surface area (Å²) in [6, 6.07) is 0.105. The first-order chi connectivity index (χ1) is 8.18. The van der Waals surface area contributed by atoms with Crippen LogP contribution in [0.15, 0.2) is 6.20 Å². The molecule has 1 aliphatic carbocycles. The lowest BCUT2D eigenvalue weighted by molar-refractivity contribution is 0.0696. The molecule has 1 aromatic heterocycles. The highest BCUT2D eigenvalue weighted by atomic mass is 32.1. The minimum atomic E-state index is -1.11. The molecule has 1 aromatic rings. The zero-order valence-corrected chi connectivity index (χ0v) is 11.6. The Labute approximate surface area is 109 Å². The lowest BCUT2D eigenvalue weighted by Gasteiger charge is -2.04. The van der Waals surface area contributed by atoms with Crippen LogP contribution in [0.3, 0.4) is 0 Å². The van der Waals surface area contributed by atoms with Gasteiger partial charge in [0.25, 0.3) is 5.91 Å². The summed E-state index contributed by atoms with van der Waals surface area (Å²) < 4.78 is 0. The molecule has 18 heavy (non-hydrogen) atoms. The van der Waals surface area contributed by atoms with Crippen molar-refractivity contribution >= 4 is 23.2 Å². The van der Waals surface area contributed by atoms with Crippen molar-refractivity contribution in [3.05, 3.63) is 16.1 Å². The average Bonchev–Trinajstić information content (AvgIpc) is 2.68. The first-order valence-corrected chi connectivity index (χ1v) is 6.49. The molecule has 0 atom stereocenters. The first-order valence-electron chi connectivity index (χ1n) is 5.68. The Morgan fingerprint density at radius 1 is 1.33 bits per heavy atom. The topological polar surface area (TPSA) is 79.3 Å². The van der Waals surface area contributed by atoms with Crippen molar-refractivity contribution < 1.29 is 14.7 Å². The summed E-state index contributed by atoms with van der Waals surface area (Å²) >= 11 is 0.896. The molecule has 1 saturated carbocycles. The summed E-state index contributed by atoms with van der Waals surface area (Å²) in [6.45, 7) is 8.42. The summed E-state index contributed by atoms with van der Waals surface area (Å²) in [6.07, 6.45) is 1.31. The van der Waals surface area contributed by atoms with Gasteiger partial charge in [0.1, 0.15) is 4.88 Å². The largest absolute Gasteiger partial charge is 0.476 e. The molecule has 0 spiro atoms. The smallest absolute Gasteiger partial charge is 0.365 e. The van der Waals surface area contributed by atoms with Crippen LogP contribution >= 0.6 is 11.3 Å². The van der Waals surface area contributed by atoms with E-state index in [2.05, 4.69) is 38.0 Å². The van der Waals surface area contributed by atoms with Gasteiger partial charge in [0.15, 0.2) is 0 Å². The summed E-state index contributed by atoms with van der Waals surface area (Å²) in [5.41, 5.74) is 0.117. The third-order valence-electron chi connectivity index (χ3n) is 4.21. The van der Waals surface area contributed by atoms with E-state index in [1.165, 1.54) is 6.20 Å². The van der Waals surface area contributed by atoms with Gasteiger partial charge in [-0.25, -0.2) is 9.78 Å². The molecule has 2 N–H and O–H groups in total. The molecular formula is C12H16N2O3S. The van der Waals surface area contributed by atoms with Gasteiger partial charge < -0.3 is 10.4 Å². The average molecular weight is 268 g/mol. The number of hydrogen-bond donors (Lipinski definition) is 2. The van der Waals surface area contributed by atoms with E-state index in [1.807, 2.05) is 0 Å². The van der Waals surface area contributed by atoms with Crippen molar-refractivity contribution in [1.82, 2.24) is 10.3 Å². The summed E-state index contributed by atoms with van der Waals surface area (Å²) in [5.74, 6) is -1.35. The van der Waals surface area contributed by atoms with Gasteiger partial charge in [0, 0.05) is 6.04 Å². The molecular weight excluding hydrogens is 252 g/mol. The minimum absolute atomic E-state index is 0.0585. The maximum Gasteiger partial charge on any atom is 0.365 e. The summed E-state index contributed by atoms with van der Waals surface area (Å²) in [7, 11) is 0. The van der Waals surface area contributed by atoms with Crippen molar-refractivity contribution in [3.8, 4) is 0 Å². The van der Waals surface area contributed by atoms with Gasteiger partial charge in [0.2, 0.25) is 5.01 Å². The van der Waals surface area contributed by atoms with Gasteiger partial charge in [-0.3, -0.25) is 4.79 Å². The van der Waals surface area contributed by atoms with Crippen LogP contribution in [-0.2, 0) is 0 Å². The van der Waals surface area contributed by atoms with Gasteiger partial charge in [-0.1, -0.05) is 27.7 Å². The SMILES string of the molecule is CC1(C)C(NC(=O)c2cnc(C(=O)O)s2)C1(C)C. The number of aromatic carboxylic acids is 1. The Morgan fingerprint density at radius 3 is 2.28 bits per heavy atom. The third-order valence-corrected chi connectivity index (χ3v) is 5.19. The van der Waals surface area contributed by atoms with Crippen molar-refractivity contribution in [2.24, 2.45) is 10.8 Å². The maximum atomic E-state index is 12.0. The third kappa shape index (κ3) is 1.80. The molecule has 0 saturated heterocycles. The van der Waals surface area contributed by atoms with Crippen LogP contribution in [0.5, 0.6) is 0 Å². The fourth-order valence-corrected chi connectivity index (χ4v) is 2.90.